The third-order valence-corrected chi connectivity index (χ3v) is 3.76. The van der Waals surface area contributed by atoms with Gasteiger partial charge < -0.3 is 4.74 Å². The van der Waals surface area contributed by atoms with Crippen LogP contribution in [-0.4, -0.2) is 22.0 Å². The molecule has 0 radical (unpaired) electrons. The number of pyridine rings is 1. The fourth-order valence-corrected chi connectivity index (χ4v) is 2.70. The average Bonchev–Trinajstić information content (AvgIpc) is 2.83. The third-order valence-electron chi connectivity index (χ3n) is 2.95. The van der Waals surface area contributed by atoms with Crippen molar-refractivity contribution in [2.45, 2.75) is 6.92 Å². The van der Waals surface area contributed by atoms with E-state index in [4.69, 9.17) is 16.3 Å². The molecule has 0 N–H and O–H groups in total. The van der Waals surface area contributed by atoms with Crippen LogP contribution in [0.2, 0.25) is 5.02 Å². The number of fused-ring (bicyclic) bond motifs is 3. The Morgan fingerprint density at radius 3 is 3.00 bits per heavy atom. The molecule has 3 aromatic rings. The van der Waals surface area contributed by atoms with Crippen LogP contribution < -0.4 is 0 Å². The van der Waals surface area contributed by atoms with Crippen LogP contribution >= 0.6 is 27.5 Å². The molecule has 0 fully saturated rings. The van der Waals surface area contributed by atoms with Crippen LogP contribution in [0.3, 0.4) is 0 Å². The Kier molecular flexibility index (Phi) is 3.40. The summed E-state index contributed by atoms with van der Waals surface area (Å²) in [5, 5.41) is 1.50. The van der Waals surface area contributed by atoms with Gasteiger partial charge in [0.1, 0.15) is 5.65 Å². The van der Waals surface area contributed by atoms with Gasteiger partial charge in [0.05, 0.1) is 17.1 Å². The van der Waals surface area contributed by atoms with Crippen molar-refractivity contribution in [3.63, 3.8) is 0 Å². The fraction of sp³-hybridized carbons (Fsp3) is 0.143. The number of hydrogen-bond donors (Lipinski definition) is 0. The predicted octanol–water partition coefficient (Wildman–Crippen LogP) is 4.08. The molecule has 2 heterocycles. The number of carbonyl (C=O) groups excluding carboxylic acids is 1. The highest BCUT2D eigenvalue weighted by Crippen LogP contribution is 2.28. The number of nitrogens with zero attached hydrogens (tertiary/aromatic N) is 2. The van der Waals surface area contributed by atoms with Crippen molar-refractivity contribution in [2.24, 2.45) is 0 Å². The Morgan fingerprint density at radius 2 is 2.25 bits per heavy atom. The summed E-state index contributed by atoms with van der Waals surface area (Å²) in [6.45, 7) is 2.08. The van der Waals surface area contributed by atoms with Gasteiger partial charge in [-0.05, 0) is 19.1 Å². The molecule has 3 rings (SSSR count). The number of imidazole rings is 1. The van der Waals surface area contributed by atoms with E-state index in [1.165, 1.54) is 0 Å². The molecule has 4 nitrogen and oxygen atoms in total. The van der Waals surface area contributed by atoms with Crippen molar-refractivity contribution in [3.8, 4) is 0 Å². The minimum atomic E-state index is -0.435. The van der Waals surface area contributed by atoms with E-state index in [1.54, 1.807) is 19.2 Å². The Labute approximate surface area is 128 Å². The first-order valence-corrected chi connectivity index (χ1v) is 7.21. The van der Waals surface area contributed by atoms with Gasteiger partial charge in [0.25, 0.3) is 0 Å². The van der Waals surface area contributed by atoms with Crippen molar-refractivity contribution in [1.82, 2.24) is 9.38 Å². The van der Waals surface area contributed by atoms with Gasteiger partial charge in [0, 0.05) is 22.1 Å². The molecule has 0 saturated heterocycles. The molecule has 0 saturated carbocycles. The molecule has 102 valence electrons. The summed E-state index contributed by atoms with van der Waals surface area (Å²) in [7, 11) is 0. The lowest BCUT2D eigenvalue weighted by atomic mass is 10.2. The maximum absolute atomic E-state index is 11.8. The monoisotopic (exact) mass is 352 g/mol. The van der Waals surface area contributed by atoms with Crippen molar-refractivity contribution in [1.29, 1.82) is 0 Å². The molecule has 0 atom stereocenters. The zero-order chi connectivity index (χ0) is 14.3. The van der Waals surface area contributed by atoms with Crippen molar-refractivity contribution >= 4 is 50.1 Å². The lowest BCUT2D eigenvalue weighted by Crippen LogP contribution is -2.04. The Bertz CT molecular complexity index is 829. The number of carbonyl (C=O) groups is 1. The topological polar surface area (TPSA) is 43.6 Å². The van der Waals surface area contributed by atoms with E-state index in [-0.39, 0.29) is 5.69 Å². The summed E-state index contributed by atoms with van der Waals surface area (Å²) in [6, 6.07) is 7.51. The average molecular weight is 354 g/mol. The lowest BCUT2D eigenvalue weighted by molar-refractivity contribution is 0.0520. The Morgan fingerprint density at radius 1 is 1.45 bits per heavy atom. The van der Waals surface area contributed by atoms with Gasteiger partial charge in [-0.1, -0.05) is 33.6 Å². The normalized spacial score (nSPS) is 11.2. The van der Waals surface area contributed by atoms with Crippen molar-refractivity contribution < 1.29 is 9.53 Å². The van der Waals surface area contributed by atoms with E-state index >= 15 is 0 Å². The molecule has 20 heavy (non-hydrogen) atoms. The maximum atomic E-state index is 11.8. The molecular weight excluding hydrogens is 344 g/mol. The Hall–Kier alpha value is -1.59. The Balaban J connectivity index is 2.30. The van der Waals surface area contributed by atoms with Crippen LogP contribution in [0.4, 0.5) is 0 Å². The van der Waals surface area contributed by atoms with E-state index in [9.17, 15) is 4.79 Å². The molecule has 0 amide bonds. The zero-order valence-electron chi connectivity index (χ0n) is 10.6. The van der Waals surface area contributed by atoms with Gasteiger partial charge in [-0.25, -0.2) is 9.78 Å². The molecule has 0 aliphatic carbocycles. The van der Waals surface area contributed by atoms with Crippen molar-refractivity contribution in [3.05, 3.63) is 45.7 Å². The summed E-state index contributed by atoms with van der Waals surface area (Å²) in [5.41, 5.74) is 1.77. The van der Waals surface area contributed by atoms with Gasteiger partial charge in [0.2, 0.25) is 0 Å². The van der Waals surface area contributed by atoms with Gasteiger partial charge in [-0.3, -0.25) is 4.40 Å². The summed E-state index contributed by atoms with van der Waals surface area (Å²) in [5.74, 6) is -0.435. The SMILES string of the molecule is CCOC(=O)c1cn2c(cc(Cl)c3ccc(Br)cc32)n1. The molecular formula is C14H10BrClN2O2. The maximum Gasteiger partial charge on any atom is 0.358 e. The van der Waals surface area contributed by atoms with Gasteiger partial charge in [-0.15, -0.1) is 0 Å². The molecule has 0 bridgehead atoms. The second-order valence-electron chi connectivity index (χ2n) is 4.23. The number of rotatable bonds is 2. The number of halogens is 2. The van der Waals surface area contributed by atoms with Crippen molar-refractivity contribution in [2.75, 3.05) is 6.61 Å². The van der Waals surface area contributed by atoms with Crippen LogP contribution in [0.25, 0.3) is 16.6 Å². The van der Waals surface area contributed by atoms with Crippen LogP contribution in [0.15, 0.2) is 34.9 Å². The molecule has 0 unspecified atom stereocenters. The second-order valence-corrected chi connectivity index (χ2v) is 5.55. The first kappa shape index (κ1) is 13.4. The standard InChI is InChI=1S/C14H10BrClN2O2/c1-2-20-14(19)11-7-18-12-5-8(15)3-4-9(12)10(16)6-13(18)17-11/h3-7H,2H2,1H3. The lowest BCUT2D eigenvalue weighted by Gasteiger charge is -2.04. The summed E-state index contributed by atoms with van der Waals surface area (Å²) in [6.07, 6.45) is 1.67. The number of aromatic nitrogens is 2. The van der Waals surface area contributed by atoms with E-state index in [0.29, 0.717) is 17.3 Å². The second kappa shape index (κ2) is 5.07. The van der Waals surface area contributed by atoms with E-state index in [0.717, 1.165) is 15.4 Å². The molecule has 0 aliphatic rings. The first-order chi connectivity index (χ1) is 9.60. The van der Waals surface area contributed by atoms with Crippen LogP contribution in [0.5, 0.6) is 0 Å². The van der Waals surface area contributed by atoms with Gasteiger partial charge >= 0.3 is 5.97 Å². The van der Waals surface area contributed by atoms with E-state index in [1.807, 2.05) is 22.6 Å². The van der Waals surface area contributed by atoms with E-state index in [2.05, 4.69) is 20.9 Å². The highest BCUT2D eigenvalue weighted by Gasteiger charge is 2.14. The third kappa shape index (κ3) is 2.17. The number of ether oxygens (including phenoxy) is 1. The molecule has 6 heteroatoms. The number of benzene rings is 1. The number of hydrogen-bond acceptors (Lipinski definition) is 3. The van der Waals surface area contributed by atoms with Crippen LogP contribution in [-0.2, 0) is 4.74 Å². The van der Waals surface area contributed by atoms with Crippen LogP contribution in [0, 0.1) is 0 Å². The minimum Gasteiger partial charge on any atom is -0.461 e. The molecule has 0 spiro atoms. The highest BCUT2D eigenvalue weighted by atomic mass is 79.9. The predicted molar refractivity (Wildman–Crippen MR) is 81.4 cm³/mol. The summed E-state index contributed by atoms with van der Waals surface area (Å²) < 4.78 is 7.73. The molecule has 1 aromatic carbocycles. The van der Waals surface area contributed by atoms with Gasteiger partial charge in [-0.2, -0.15) is 0 Å². The van der Waals surface area contributed by atoms with E-state index < -0.39 is 5.97 Å². The smallest absolute Gasteiger partial charge is 0.358 e. The zero-order valence-corrected chi connectivity index (χ0v) is 12.9. The molecule has 0 aliphatic heterocycles. The minimum absolute atomic E-state index is 0.274. The number of esters is 1. The first-order valence-electron chi connectivity index (χ1n) is 6.04. The fourth-order valence-electron chi connectivity index (χ4n) is 2.09. The largest absolute Gasteiger partial charge is 0.461 e. The summed E-state index contributed by atoms with van der Waals surface area (Å²) >= 11 is 9.69. The van der Waals surface area contributed by atoms with Crippen LogP contribution in [0.1, 0.15) is 17.4 Å². The highest BCUT2D eigenvalue weighted by molar-refractivity contribution is 9.10. The quantitative estimate of drug-likeness (QED) is 0.652. The molecule has 2 aromatic heterocycles. The van der Waals surface area contributed by atoms with Gasteiger partial charge in [0.15, 0.2) is 5.69 Å². The summed E-state index contributed by atoms with van der Waals surface area (Å²) in [4.78, 5) is 16.0.